The first-order valence-corrected chi connectivity index (χ1v) is 10.7. The quantitative estimate of drug-likeness (QED) is 0.431. The van der Waals surface area contributed by atoms with Crippen LogP contribution in [0.15, 0.2) is 28.0 Å². The van der Waals surface area contributed by atoms with Crippen LogP contribution in [-0.2, 0) is 18.9 Å². The highest BCUT2D eigenvalue weighted by molar-refractivity contribution is 5.51. The van der Waals surface area contributed by atoms with Crippen LogP contribution in [-0.4, -0.2) is 25.9 Å². The van der Waals surface area contributed by atoms with E-state index in [-0.39, 0.29) is 34.6 Å². The van der Waals surface area contributed by atoms with Gasteiger partial charge in [-0.05, 0) is 32.4 Å². The van der Waals surface area contributed by atoms with Crippen LogP contribution in [0.25, 0.3) is 0 Å². The number of alkyl halides is 6. The van der Waals surface area contributed by atoms with E-state index in [0.29, 0.717) is 17.0 Å². The van der Waals surface area contributed by atoms with Gasteiger partial charge in [-0.15, -0.1) is 0 Å². The van der Waals surface area contributed by atoms with E-state index in [1.165, 1.54) is 13.8 Å². The molecule has 1 N–H and O–H groups in total. The summed E-state index contributed by atoms with van der Waals surface area (Å²) in [4.78, 5) is 35.6. The number of hydrogen-bond acceptors (Lipinski definition) is 6. The van der Waals surface area contributed by atoms with Crippen molar-refractivity contribution in [2.45, 2.75) is 52.5 Å². The number of H-pyrrole nitrogens is 1. The van der Waals surface area contributed by atoms with E-state index in [2.05, 4.69) is 15.0 Å². The van der Waals surface area contributed by atoms with E-state index in [4.69, 9.17) is 4.74 Å². The number of aromatic nitrogens is 4. The first-order valence-electron chi connectivity index (χ1n) is 10.7. The molecule has 196 valence electrons. The van der Waals surface area contributed by atoms with Crippen LogP contribution in [0.3, 0.4) is 0 Å². The molecule has 0 aliphatic heterocycles. The van der Waals surface area contributed by atoms with Gasteiger partial charge in [0.25, 0.3) is 17.5 Å². The number of aromatic amines is 1. The van der Waals surface area contributed by atoms with Gasteiger partial charge in [-0.3, -0.25) is 14.2 Å². The smallest absolute Gasteiger partial charge is 0.352 e. The third-order valence-electron chi connectivity index (χ3n) is 5.44. The largest absolute Gasteiger partial charge is 0.449 e. The Bertz CT molecular complexity index is 1490. The summed E-state index contributed by atoms with van der Waals surface area (Å²) >= 11 is 0. The van der Waals surface area contributed by atoms with Crippen LogP contribution in [0.1, 0.15) is 52.8 Å². The van der Waals surface area contributed by atoms with Crippen molar-refractivity contribution in [3.8, 4) is 17.6 Å². The monoisotopic (exact) mass is 527 g/mol. The molecule has 0 aliphatic carbocycles. The van der Waals surface area contributed by atoms with Gasteiger partial charge in [0.05, 0.1) is 35.8 Å². The van der Waals surface area contributed by atoms with E-state index < -0.39 is 59.2 Å². The van der Waals surface area contributed by atoms with Crippen LogP contribution < -0.4 is 15.9 Å². The second kappa shape index (κ2) is 10.5. The number of nitrogens with one attached hydrogen (secondary N) is 1. The van der Waals surface area contributed by atoms with Crippen molar-refractivity contribution in [1.82, 2.24) is 19.5 Å². The number of benzene rings is 1. The Morgan fingerprint density at radius 3 is 2.43 bits per heavy atom. The molecule has 2 heterocycles. The Morgan fingerprint density at radius 2 is 1.86 bits per heavy atom. The summed E-state index contributed by atoms with van der Waals surface area (Å²) in [5.41, 5.74) is -4.64. The normalized spacial score (nSPS) is 11.7. The van der Waals surface area contributed by atoms with E-state index in [1.807, 2.05) is 0 Å². The summed E-state index contributed by atoms with van der Waals surface area (Å²) in [6.07, 6.45) is -6.58. The summed E-state index contributed by atoms with van der Waals surface area (Å²) in [7, 11) is 0. The lowest BCUT2D eigenvalue weighted by Gasteiger charge is -2.20. The van der Waals surface area contributed by atoms with Crippen molar-refractivity contribution in [2.24, 2.45) is 0 Å². The number of aryl methyl sites for hydroxylation is 2. The Balaban J connectivity index is 2.26. The molecular formula is C23H19F6N5O3. The molecule has 0 atom stereocenters. The molecule has 0 aliphatic rings. The third kappa shape index (κ3) is 5.35. The summed E-state index contributed by atoms with van der Waals surface area (Å²) in [6.45, 7) is 3.90. The van der Waals surface area contributed by atoms with Gasteiger partial charge in [0, 0.05) is 11.1 Å². The summed E-state index contributed by atoms with van der Waals surface area (Å²) < 4.78 is 87.7. The second-order valence-electron chi connectivity index (χ2n) is 7.92. The van der Waals surface area contributed by atoms with Gasteiger partial charge in [0.1, 0.15) is 11.6 Å². The highest BCUT2D eigenvalue weighted by Crippen LogP contribution is 2.39. The molecule has 0 fully saturated rings. The third-order valence-corrected chi connectivity index (χ3v) is 5.44. The van der Waals surface area contributed by atoms with Crippen molar-refractivity contribution in [1.29, 1.82) is 5.26 Å². The fourth-order valence-electron chi connectivity index (χ4n) is 3.48. The maximum Gasteiger partial charge on any atom is 0.352 e. The topological polar surface area (TPSA) is 114 Å². The molecule has 3 rings (SSSR count). The lowest BCUT2D eigenvalue weighted by molar-refractivity contribution is -0.139. The molecule has 3 aromatic rings. The molecular weight excluding hydrogens is 508 g/mol. The summed E-state index contributed by atoms with van der Waals surface area (Å²) in [6, 6.07) is 3.18. The number of ether oxygens (including phenoxy) is 1. The first kappa shape index (κ1) is 27.4. The fourth-order valence-corrected chi connectivity index (χ4v) is 3.48. The Labute approximate surface area is 205 Å². The molecule has 2 aromatic heterocycles. The van der Waals surface area contributed by atoms with Crippen LogP contribution in [0.4, 0.5) is 26.3 Å². The molecule has 14 heteroatoms. The molecule has 0 unspecified atom stereocenters. The highest BCUT2D eigenvalue weighted by atomic mass is 19.3. The minimum atomic E-state index is -4.96. The minimum absolute atomic E-state index is 0.0148. The van der Waals surface area contributed by atoms with Gasteiger partial charge in [0.15, 0.2) is 5.69 Å². The zero-order valence-corrected chi connectivity index (χ0v) is 19.6. The van der Waals surface area contributed by atoms with Gasteiger partial charge in [-0.25, -0.2) is 27.5 Å². The maximum atomic E-state index is 14.4. The number of halogens is 6. The molecule has 1 aromatic carbocycles. The molecule has 0 spiro atoms. The van der Waals surface area contributed by atoms with Gasteiger partial charge in [0.2, 0.25) is 5.75 Å². The molecule has 37 heavy (non-hydrogen) atoms. The molecule has 0 amide bonds. The molecule has 0 radical (unpaired) electrons. The summed E-state index contributed by atoms with van der Waals surface area (Å²) in [5.74, 6) is -6.66. The maximum absolute atomic E-state index is 14.4. The lowest BCUT2D eigenvalue weighted by atomic mass is 10.0. The van der Waals surface area contributed by atoms with E-state index in [9.17, 15) is 41.2 Å². The average Bonchev–Trinajstić information content (AvgIpc) is 2.83. The highest BCUT2D eigenvalue weighted by Gasteiger charge is 2.48. The van der Waals surface area contributed by atoms with Gasteiger partial charge in [-0.2, -0.15) is 14.0 Å². The van der Waals surface area contributed by atoms with Gasteiger partial charge >= 0.3 is 12.3 Å². The average molecular weight is 527 g/mol. The van der Waals surface area contributed by atoms with Crippen LogP contribution in [0.2, 0.25) is 0 Å². The van der Waals surface area contributed by atoms with Crippen molar-refractivity contribution in [3.05, 3.63) is 78.6 Å². The molecule has 0 saturated heterocycles. The first-order chi connectivity index (χ1) is 17.3. The van der Waals surface area contributed by atoms with Crippen molar-refractivity contribution in [3.63, 3.8) is 0 Å². The van der Waals surface area contributed by atoms with Crippen LogP contribution in [0.5, 0.6) is 11.5 Å². The van der Waals surface area contributed by atoms with Crippen LogP contribution >= 0.6 is 0 Å². The zero-order valence-electron chi connectivity index (χ0n) is 19.6. The van der Waals surface area contributed by atoms with Crippen LogP contribution in [0, 0.1) is 25.2 Å². The molecule has 0 bridgehead atoms. The SMILES string of the molecule is CCc1nc(C)[nH]c(=O)c1Cn1cnc(C(F)(F)C(F)F)c(Oc2cc(C(F)F)cc(C#N)c2C)c1=O. The minimum Gasteiger partial charge on any atom is -0.449 e. The number of nitrogens with zero attached hydrogens (tertiary/aromatic N) is 4. The van der Waals surface area contributed by atoms with E-state index in [0.717, 1.165) is 6.07 Å². The van der Waals surface area contributed by atoms with Gasteiger partial charge in [-0.1, -0.05) is 6.92 Å². The Morgan fingerprint density at radius 1 is 1.19 bits per heavy atom. The Kier molecular flexibility index (Phi) is 7.75. The van der Waals surface area contributed by atoms with Crippen molar-refractivity contribution < 1.29 is 31.1 Å². The van der Waals surface area contributed by atoms with Gasteiger partial charge < -0.3 is 9.72 Å². The predicted octanol–water partition coefficient (Wildman–Crippen LogP) is 4.51. The van der Waals surface area contributed by atoms with E-state index in [1.54, 1.807) is 13.0 Å². The van der Waals surface area contributed by atoms with E-state index >= 15 is 0 Å². The second-order valence-corrected chi connectivity index (χ2v) is 7.92. The molecule has 0 saturated carbocycles. The number of hydrogen-bond donors (Lipinski definition) is 1. The number of rotatable bonds is 8. The standard InChI is InChI=1S/C23H19F6N5O3/c1-4-15-14(20(35)33-11(3)32-15)8-34-9-31-18(23(28,29)22(26)27)17(21(34)36)37-16-6-12(19(24)25)5-13(7-30)10(16)2/h5-6,9,19,22H,4,8H2,1-3H3,(H,32,33,35). The van der Waals surface area contributed by atoms with Crippen molar-refractivity contribution in [2.75, 3.05) is 0 Å². The Hall–Kier alpha value is -4.15. The molecule has 8 nitrogen and oxygen atoms in total. The zero-order chi connectivity index (χ0) is 27.7. The predicted molar refractivity (Wildman–Crippen MR) is 117 cm³/mol. The number of nitriles is 1. The fraction of sp³-hybridized carbons (Fsp3) is 0.348. The van der Waals surface area contributed by atoms with Crippen molar-refractivity contribution >= 4 is 0 Å². The summed E-state index contributed by atoms with van der Waals surface area (Å²) in [5, 5.41) is 9.24. The lowest BCUT2D eigenvalue weighted by Crippen LogP contribution is -2.33.